The minimum absolute atomic E-state index is 0.0969. The molecule has 0 unspecified atom stereocenters. The van der Waals surface area contributed by atoms with Crippen molar-refractivity contribution in [2.24, 2.45) is 5.73 Å². The lowest BCUT2D eigenvalue weighted by Gasteiger charge is -2.40. The van der Waals surface area contributed by atoms with Gasteiger partial charge in [-0.1, -0.05) is 0 Å². The zero-order valence-electron chi connectivity index (χ0n) is 8.79. The van der Waals surface area contributed by atoms with Crippen LogP contribution in [-0.4, -0.2) is 28.9 Å². The summed E-state index contributed by atoms with van der Waals surface area (Å²) in [6.07, 6.45) is 3.46. The highest BCUT2D eigenvalue weighted by atomic mass is 16.2. The Kier molecular flexibility index (Phi) is 3.31. The summed E-state index contributed by atoms with van der Waals surface area (Å²) in [5.41, 5.74) is 5.60. The number of hydrogen-bond donors (Lipinski definition) is 1. The first-order valence-corrected chi connectivity index (χ1v) is 5.11. The van der Waals surface area contributed by atoms with Crippen LogP contribution in [0, 0.1) is 0 Å². The van der Waals surface area contributed by atoms with E-state index < -0.39 is 0 Å². The van der Waals surface area contributed by atoms with Gasteiger partial charge in [0, 0.05) is 12.1 Å². The molecule has 0 aromatic heterocycles. The molecule has 0 bridgehead atoms. The Hall–Kier alpha value is -0.570. The van der Waals surface area contributed by atoms with E-state index in [0.29, 0.717) is 12.1 Å². The van der Waals surface area contributed by atoms with Crippen molar-refractivity contribution >= 4 is 5.91 Å². The number of nitrogens with zero attached hydrogens (tertiary/aromatic N) is 1. The van der Waals surface area contributed by atoms with E-state index in [1.54, 1.807) is 6.92 Å². The number of nitrogens with two attached hydrogens (primary N) is 1. The second kappa shape index (κ2) is 4.09. The predicted octanol–water partition coefficient (Wildman–Crippen LogP) is 1.12. The maximum Gasteiger partial charge on any atom is 0.239 e. The normalized spacial score (nSPS) is 31.5. The van der Waals surface area contributed by atoms with Crippen molar-refractivity contribution in [2.75, 3.05) is 0 Å². The van der Waals surface area contributed by atoms with E-state index in [1.165, 1.54) is 6.42 Å². The first-order valence-electron chi connectivity index (χ1n) is 5.11. The third-order valence-electron chi connectivity index (χ3n) is 2.84. The van der Waals surface area contributed by atoms with Crippen LogP contribution in [0.5, 0.6) is 0 Å². The third kappa shape index (κ3) is 2.21. The quantitative estimate of drug-likeness (QED) is 0.664. The SMILES string of the molecule is C[C@H](N)C(=O)N1[C@H](C)CCC[C@@H]1C. The molecule has 1 rings (SSSR count). The zero-order chi connectivity index (χ0) is 10.0. The molecule has 1 heterocycles. The number of amides is 1. The molecule has 0 aromatic carbocycles. The molecule has 1 saturated heterocycles. The van der Waals surface area contributed by atoms with Crippen LogP contribution in [0.15, 0.2) is 0 Å². The number of hydrogen-bond acceptors (Lipinski definition) is 2. The summed E-state index contributed by atoms with van der Waals surface area (Å²) in [6, 6.07) is 0.368. The molecule has 1 fully saturated rings. The average molecular weight is 184 g/mol. The van der Waals surface area contributed by atoms with Crippen LogP contribution in [0.3, 0.4) is 0 Å². The second-order valence-electron chi connectivity index (χ2n) is 4.16. The molecule has 0 radical (unpaired) electrons. The van der Waals surface area contributed by atoms with Gasteiger partial charge >= 0.3 is 0 Å². The van der Waals surface area contributed by atoms with Crippen LogP contribution in [0.2, 0.25) is 0 Å². The summed E-state index contributed by atoms with van der Waals surface area (Å²) in [6.45, 7) is 5.97. The molecular weight excluding hydrogens is 164 g/mol. The monoisotopic (exact) mass is 184 g/mol. The molecule has 3 atom stereocenters. The molecule has 0 saturated carbocycles. The number of carbonyl (C=O) groups excluding carboxylic acids is 1. The van der Waals surface area contributed by atoms with E-state index in [1.807, 2.05) is 4.90 Å². The van der Waals surface area contributed by atoms with Crippen molar-refractivity contribution < 1.29 is 4.79 Å². The number of piperidine rings is 1. The Morgan fingerprint density at radius 2 is 1.85 bits per heavy atom. The van der Waals surface area contributed by atoms with Gasteiger partial charge < -0.3 is 10.6 Å². The second-order valence-corrected chi connectivity index (χ2v) is 4.16. The minimum Gasteiger partial charge on any atom is -0.336 e. The van der Waals surface area contributed by atoms with Crippen LogP contribution in [0.4, 0.5) is 0 Å². The van der Waals surface area contributed by atoms with Gasteiger partial charge in [-0.2, -0.15) is 0 Å². The Morgan fingerprint density at radius 1 is 1.38 bits per heavy atom. The molecule has 3 nitrogen and oxygen atoms in total. The van der Waals surface area contributed by atoms with Crippen LogP contribution in [-0.2, 0) is 4.79 Å². The average Bonchev–Trinajstić information content (AvgIpc) is 2.03. The number of likely N-dealkylation sites (tertiary alicyclic amines) is 1. The van der Waals surface area contributed by atoms with Crippen molar-refractivity contribution in [1.29, 1.82) is 0 Å². The first kappa shape index (κ1) is 10.5. The minimum atomic E-state index is -0.358. The maximum absolute atomic E-state index is 11.7. The molecule has 1 aliphatic heterocycles. The van der Waals surface area contributed by atoms with Crippen LogP contribution in [0.25, 0.3) is 0 Å². The first-order chi connectivity index (χ1) is 6.04. The van der Waals surface area contributed by atoms with Gasteiger partial charge in [0.25, 0.3) is 0 Å². The molecule has 76 valence electrons. The van der Waals surface area contributed by atoms with E-state index >= 15 is 0 Å². The van der Waals surface area contributed by atoms with Gasteiger partial charge in [-0.25, -0.2) is 0 Å². The van der Waals surface area contributed by atoms with Gasteiger partial charge in [0.15, 0.2) is 0 Å². The topological polar surface area (TPSA) is 46.3 Å². The molecule has 13 heavy (non-hydrogen) atoms. The lowest BCUT2D eigenvalue weighted by atomic mass is 9.97. The third-order valence-corrected chi connectivity index (χ3v) is 2.84. The molecular formula is C10H20N2O. The van der Waals surface area contributed by atoms with E-state index in [9.17, 15) is 4.79 Å². The Morgan fingerprint density at radius 3 is 2.23 bits per heavy atom. The van der Waals surface area contributed by atoms with E-state index in [-0.39, 0.29) is 11.9 Å². The fraction of sp³-hybridized carbons (Fsp3) is 0.900. The molecule has 1 amide bonds. The van der Waals surface area contributed by atoms with Gasteiger partial charge in [-0.05, 0) is 40.0 Å². The van der Waals surface area contributed by atoms with Gasteiger partial charge in [-0.15, -0.1) is 0 Å². The highest BCUT2D eigenvalue weighted by molar-refractivity contribution is 5.81. The van der Waals surface area contributed by atoms with Crippen molar-refractivity contribution in [3.63, 3.8) is 0 Å². The lowest BCUT2D eigenvalue weighted by Crippen LogP contribution is -2.52. The summed E-state index contributed by atoms with van der Waals surface area (Å²) in [5, 5.41) is 0. The summed E-state index contributed by atoms with van der Waals surface area (Å²) in [4.78, 5) is 13.7. The van der Waals surface area contributed by atoms with Gasteiger partial charge in [0.1, 0.15) is 0 Å². The standard InChI is InChI=1S/C10H20N2O/c1-7-5-4-6-8(2)12(7)10(13)9(3)11/h7-9H,4-6,11H2,1-3H3/t7-,8+,9-/m0/s1. The molecule has 0 aromatic rings. The van der Waals surface area contributed by atoms with E-state index in [2.05, 4.69) is 13.8 Å². The maximum atomic E-state index is 11.7. The van der Waals surface area contributed by atoms with Crippen molar-refractivity contribution in [3.05, 3.63) is 0 Å². The zero-order valence-corrected chi connectivity index (χ0v) is 8.79. The molecule has 3 heteroatoms. The highest BCUT2D eigenvalue weighted by Crippen LogP contribution is 2.22. The van der Waals surface area contributed by atoms with Crippen LogP contribution in [0.1, 0.15) is 40.0 Å². The predicted molar refractivity (Wildman–Crippen MR) is 53.3 cm³/mol. The smallest absolute Gasteiger partial charge is 0.239 e. The molecule has 1 aliphatic rings. The van der Waals surface area contributed by atoms with Crippen LogP contribution < -0.4 is 5.73 Å². The molecule has 0 aliphatic carbocycles. The number of carbonyl (C=O) groups is 1. The lowest BCUT2D eigenvalue weighted by molar-refractivity contribution is -0.138. The van der Waals surface area contributed by atoms with Gasteiger partial charge in [-0.3, -0.25) is 4.79 Å². The van der Waals surface area contributed by atoms with Crippen molar-refractivity contribution in [1.82, 2.24) is 4.90 Å². The highest BCUT2D eigenvalue weighted by Gasteiger charge is 2.30. The summed E-state index contributed by atoms with van der Waals surface area (Å²) < 4.78 is 0. The Balaban J connectivity index is 2.68. The fourth-order valence-electron chi connectivity index (χ4n) is 2.09. The summed E-state index contributed by atoms with van der Waals surface area (Å²) >= 11 is 0. The summed E-state index contributed by atoms with van der Waals surface area (Å²) in [7, 11) is 0. The number of rotatable bonds is 1. The molecule has 0 spiro atoms. The largest absolute Gasteiger partial charge is 0.336 e. The van der Waals surface area contributed by atoms with Crippen molar-refractivity contribution in [3.8, 4) is 0 Å². The van der Waals surface area contributed by atoms with Crippen LogP contribution >= 0.6 is 0 Å². The van der Waals surface area contributed by atoms with E-state index in [0.717, 1.165) is 12.8 Å². The fourth-order valence-corrected chi connectivity index (χ4v) is 2.09. The Bertz CT molecular complexity index is 181. The van der Waals surface area contributed by atoms with Gasteiger partial charge in [0.2, 0.25) is 5.91 Å². The van der Waals surface area contributed by atoms with Crippen molar-refractivity contribution in [2.45, 2.75) is 58.2 Å². The van der Waals surface area contributed by atoms with E-state index in [4.69, 9.17) is 5.73 Å². The molecule has 2 N–H and O–H groups in total. The van der Waals surface area contributed by atoms with Gasteiger partial charge in [0.05, 0.1) is 6.04 Å². The summed E-state index contributed by atoms with van der Waals surface area (Å²) in [5.74, 6) is 0.0969. The Labute approximate surface area is 80.3 Å².